The van der Waals surface area contributed by atoms with Crippen molar-refractivity contribution in [3.63, 3.8) is 0 Å². The lowest BCUT2D eigenvalue weighted by atomic mass is 10.0. The number of benzene rings is 2. The SMILES string of the molecule is Cc1ccc(C)c(C(=O)Cn2c(=O)c3c(ncn3CC(C)C)n(Cc3ccccc3)c2=O)c1. The van der Waals surface area contributed by atoms with E-state index in [9.17, 15) is 14.4 Å². The predicted octanol–water partition coefficient (Wildman–Crippen LogP) is 3.56. The van der Waals surface area contributed by atoms with Gasteiger partial charge in [0.25, 0.3) is 5.56 Å². The molecule has 0 aliphatic rings. The van der Waals surface area contributed by atoms with Gasteiger partial charge in [-0.2, -0.15) is 0 Å². The molecule has 2 aromatic carbocycles. The van der Waals surface area contributed by atoms with Gasteiger partial charge in [-0.05, 0) is 37.0 Å². The predicted molar refractivity (Wildman–Crippen MR) is 129 cm³/mol. The highest BCUT2D eigenvalue weighted by Crippen LogP contribution is 2.14. The average molecular weight is 445 g/mol. The smallest absolute Gasteiger partial charge is 0.324 e. The highest BCUT2D eigenvalue weighted by molar-refractivity contribution is 5.97. The number of ketones is 1. The molecule has 0 saturated heterocycles. The molecule has 0 atom stereocenters. The van der Waals surface area contributed by atoms with Crippen LogP contribution in [-0.4, -0.2) is 24.5 Å². The molecular weight excluding hydrogens is 416 g/mol. The molecule has 0 bridgehead atoms. The van der Waals surface area contributed by atoms with Gasteiger partial charge in [0.2, 0.25) is 0 Å². The van der Waals surface area contributed by atoms with Crippen LogP contribution >= 0.6 is 0 Å². The van der Waals surface area contributed by atoms with Gasteiger partial charge in [-0.15, -0.1) is 0 Å². The largest absolute Gasteiger partial charge is 0.333 e. The Morgan fingerprint density at radius 2 is 1.73 bits per heavy atom. The van der Waals surface area contributed by atoms with Crippen LogP contribution in [0.3, 0.4) is 0 Å². The van der Waals surface area contributed by atoms with Gasteiger partial charge in [-0.25, -0.2) is 9.78 Å². The van der Waals surface area contributed by atoms with Crippen LogP contribution in [0.4, 0.5) is 0 Å². The van der Waals surface area contributed by atoms with E-state index in [0.29, 0.717) is 23.3 Å². The molecule has 2 heterocycles. The van der Waals surface area contributed by atoms with Crippen molar-refractivity contribution in [3.8, 4) is 0 Å². The molecule has 0 fully saturated rings. The molecule has 0 unspecified atom stereocenters. The summed E-state index contributed by atoms with van der Waals surface area (Å²) in [5.41, 5.74) is 2.84. The van der Waals surface area contributed by atoms with Gasteiger partial charge in [0.15, 0.2) is 16.9 Å². The fraction of sp³-hybridized carbons (Fsp3) is 0.308. The van der Waals surface area contributed by atoms with Gasteiger partial charge in [0.1, 0.15) is 0 Å². The Hall–Kier alpha value is -3.74. The Morgan fingerprint density at radius 1 is 1.00 bits per heavy atom. The first-order chi connectivity index (χ1) is 15.8. The first kappa shape index (κ1) is 22.5. The molecule has 33 heavy (non-hydrogen) atoms. The maximum Gasteiger partial charge on any atom is 0.333 e. The average Bonchev–Trinajstić information content (AvgIpc) is 3.19. The number of carbonyl (C=O) groups excluding carboxylic acids is 1. The minimum atomic E-state index is -0.537. The van der Waals surface area contributed by atoms with Crippen molar-refractivity contribution in [2.24, 2.45) is 5.92 Å². The Balaban J connectivity index is 1.89. The van der Waals surface area contributed by atoms with Gasteiger partial charge in [-0.3, -0.25) is 18.7 Å². The van der Waals surface area contributed by atoms with E-state index in [1.54, 1.807) is 17.0 Å². The van der Waals surface area contributed by atoms with Crippen molar-refractivity contribution in [2.45, 2.75) is 47.3 Å². The van der Waals surface area contributed by atoms with Crippen molar-refractivity contribution in [3.05, 3.63) is 98.0 Å². The van der Waals surface area contributed by atoms with Gasteiger partial charge in [0, 0.05) is 12.1 Å². The molecule has 0 N–H and O–H groups in total. The quantitative estimate of drug-likeness (QED) is 0.408. The number of nitrogens with zero attached hydrogens (tertiary/aromatic N) is 4. The first-order valence-corrected chi connectivity index (χ1v) is 11.1. The summed E-state index contributed by atoms with van der Waals surface area (Å²) in [6, 6.07) is 15.1. The van der Waals surface area contributed by atoms with Crippen molar-refractivity contribution >= 4 is 16.9 Å². The lowest BCUT2D eigenvalue weighted by Crippen LogP contribution is -2.42. The van der Waals surface area contributed by atoms with Crippen molar-refractivity contribution in [1.82, 2.24) is 18.7 Å². The van der Waals surface area contributed by atoms with Crippen molar-refractivity contribution in [2.75, 3.05) is 0 Å². The molecule has 7 heteroatoms. The number of imidazole rings is 1. The summed E-state index contributed by atoms with van der Waals surface area (Å²) in [7, 11) is 0. The molecular formula is C26H28N4O3. The summed E-state index contributed by atoms with van der Waals surface area (Å²) in [5.74, 6) is 0.0114. The van der Waals surface area contributed by atoms with Crippen LogP contribution in [0, 0.1) is 19.8 Å². The van der Waals surface area contributed by atoms with Crippen LogP contribution in [0.5, 0.6) is 0 Å². The van der Waals surface area contributed by atoms with Crippen LogP contribution in [-0.2, 0) is 19.6 Å². The number of carbonyl (C=O) groups is 1. The molecule has 7 nitrogen and oxygen atoms in total. The molecule has 0 aliphatic heterocycles. The standard InChI is InChI=1S/C26H28N4O3/c1-17(2)13-28-16-27-24-23(28)25(32)30(15-22(31)21-12-18(3)10-11-19(21)4)26(33)29(24)14-20-8-6-5-7-9-20/h5-12,16-17H,13-15H2,1-4H3. The van der Waals surface area contributed by atoms with Crippen molar-refractivity contribution in [1.29, 1.82) is 0 Å². The minimum absolute atomic E-state index is 0.257. The summed E-state index contributed by atoms with van der Waals surface area (Å²) in [6.07, 6.45) is 1.60. The number of fused-ring (bicyclic) bond motifs is 1. The summed E-state index contributed by atoms with van der Waals surface area (Å²) in [5, 5.41) is 0. The topological polar surface area (TPSA) is 78.9 Å². The number of aromatic nitrogens is 4. The Labute approximate surface area is 191 Å². The lowest BCUT2D eigenvalue weighted by Gasteiger charge is -2.14. The molecule has 0 amide bonds. The number of hydrogen-bond acceptors (Lipinski definition) is 4. The molecule has 0 saturated carbocycles. The van der Waals surface area contributed by atoms with E-state index in [4.69, 9.17) is 0 Å². The highest BCUT2D eigenvalue weighted by atomic mass is 16.2. The third-order valence-corrected chi connectivity index (χ3v) is 5.72. The zero-order chi connectivity index (χ0) is 23.7. The minimum Gasteiger partial charge on any atom is -0.324 e. The third-order valence-electron chi connectivity index (χ3n) is 5.72. The first-order valence-electron chi connectivity index (χ1n) is 11.1. The van der Waals surface area contributed by atoms with E-state index in [0.717, 1.165) is 21.3 Å². The number of hydrogen-bond donors (Lipinski definition) is 0. The summed E-state index contributed by atoms with van der Waals surface area (Å²) in [6.45, 7) is 8.38. The lowest BCUT2D eigenvalue weighted by molar-refractivity contribution is 0.0968. The Kier molecular flexibility index (Phi) is 6.14. The van der Waals surface area contributed by atoms with Crippen LogP contribution in [0.2, 0.25) is 0 Å². The molecule has 0 aliphatic carbocycles. The van der Waals surface area contributed by atoms with E-state index in [1.165, 1.54) is 4.57 Å². The highest BCUT2D eigenvalue weighted by Gasteiger charge is 2.21. The molecule has 0 radical (unpaired) electrons. The zero-order valence-electron chi connectivity index (χ0n) is 19.4. The Bertz CT molecular complexity index is 1440. The van der Waals surface area contributed by atoms with Crippen LogP contribution in [0.1, 0.15) is 40.9 Å². The summed E-state index contributed by atoms with van der Waals surface area (Å²) < 4.78 is 4.31. The van der Waals surface area contributed by atoms with E-state index in [1.807, 2.05) is 70.2 Å². The summed E-state index contributed by atoms with van der Waals surface area (Å²) in [4.78, 5) is 44.5. The van der Waals surface area contributed by atoms with Gasteiger partial charge >= 0.3 is 5.69 Å². The monoisotopic (exact) mass is 444 g/mol. The zero-order valence-corrected chi connectivity index (χ0v) is 19.4. The number of Topliss-reactive ketones (excluding diaryl/α,β-unsaturated/α-hetero) is 1. The second-order valence-electron chi connectivity index (χ2n) is 8.95. The third kappa shape index (κ3) is 4.44. The maximum absolute atomic E-state index is 13.5. The maximum atomic E-state index is 13.5. The summed E-state index contributed by atoms with van der Waals surface area (Å²) >= 11 is 0. The second kappa shape index (κ2) is 9.02. The van der Waals surface area contributed by atoms with Crippen molar-refractivity contribution < 1.29 is 4.79 Å². The van der Waals surface area contributed by atoms with Gasteiger partial charge in [0.05, 0.1) is 19.4 Å². The molecule has 4 rings (SSSR count). The van der Waals surface area contributed by atoms with Crippen LogP contribution < -0.4 is 11.2 Å². The number of rotatable bonds is 7. The van der Waals surface area contributed by atoms with E-state index >= 15 is 0 Å². The normalized spacial score (nSPS) is 11.4. The van der Waals surface area contributed by atoms with Crippen LogP contribution in [0.15, 0.2) is 64.4 Å². The van der Waals surface area contributed by atoms with Gasteiger partial charge < -0.3 is 4.57 Å². The van der Waals surface area contributed by atoms with Crippen LogP contribution in [0.25, 0.3) is 11.2 Å². The number of aryl methyl sites for hydroxylation is 2. The Morgan fingerprint density at radius 3 is 2.42 bits per heavy atom. The fourth-order valence-electron chi connectivity index (χ4n) is 4.08. The second-order valence-corrected chi connectivity index (χ2v) is 8.95. The molecule has 170 valence electrons. The van der Waals surface area contributed by atoms with Gasteiger partial charge in [-0.1, -0.05) is 61.9 Å². The van der Waals surface area contributed by atoms with E-state index in [-0.39, 0.29) is 24.8 Å². The molecule has 0 spiro atoms. The van der Waals surface area contributed by atoms with E-state index in [2.05, 4.69) is 4.98 Å². The van der Waals surface area contributed by atoms with E-state index < -0.39 is 11.2 Å². The fourth-order valence-corrected chi connectivity index (χ4v) is 4.08. The molecule has 2 aromatic heterocycles. The molecule has 4 aromatic rings.